The van der Waals surface area contributed by atoms with Gasteiger partial charge in [0.2, 0.25) is 0 Å². The quantitative estimate of drug-likeness (QED) is 0.183. The van der Waals surface area contributed by atoms with Crippen LogP contribution in [0.5, 0.6) is 46.5 Å². The number of nitrogens with zero attached hydrogens (tertiary/aromatic N) is 2. The van der Waals surface area contributed by atoms with Crippen molar-refractivity contribution in [2.45, 2.75) is 50.6 Å². The van der Waals surface area contributed by atoms with Crippen LogP contribution in [0.2, 0.25) is 0 Å². The Morgan fingerprint density at radius 1 is 0.526 bits per heavy atom. The van der Waals surface area contributed by atoms with Crippen molar-refractivity contribution in [3.8, 4) is 46.5 Å². The van der Waals surface area contributed by atoms with Crippen LogP contribution in [0, 0.1) is 0 Å². The summed E-state index contributed by atoms with van der Waals surface area (Å²) in [7, 11) is 0. The molecule has 2 heterocycles. The molecule has 5 rings (SSSR count). The average molecular weight is 523 g/mol. The first-order valence-corrected chi connectivity index (χ1v) is 12.4. The lowest BCUT2D eigenvalue weighted by Crippen LogP contribution is -2.25. The minimum atomic E-state index is -0.495. The SMILES string of the molecule is Oc1ccc(Cc2cc(O)n(C3CCCCC3n3c(O)cc(Cc4ccc(O)cc4O)c3O)c2O)c(O)c1. The number of hydrogen-bond donors (Lipinski definition) is 8. The summed E-state index contributed by atoms with van der Waals surface area (Å²) in [6.07, 6.45) is 2.96. The Bertz CT molecular complexity index is 1380. The van der Waals surface area contributed by atoms with E-state index in [1.807, 2.05) is 0 Å². The van der Waals surface area contributed by atoms with Gasteiger partial charge in [0.1, 0.15) is 23.0 Å². The lowest BCUT2D eigenvalue weighted by atomic mass is 9.89. The van der Waals surface area contributed by atoms with Gasteiger partial charge in [0.15, 0.2) is 23.5 Å². The molecule has 0 aliphatic heterocycles. The Labute approximate surface area is 218 Å². The van der Waals surface area contributed by atoms with Gasteiger partial charge in [-0.2, -0.15) is 0 Å². The van der Waals surface area contributed by atoms with E-state index in [0.29, 0.717) is 35.1 Å². The Morgan fingerprint density at radius 2 is 0.921 bits per heavy atom. The van der Waals surface area contributed by atoms with Crippen molar-refractivity contribution in [1.82, 2.24) is 9.13 Å². The van der Waals surface area contributed by atoms with E-state index in [4.69, 9.17) is 0 Å². The van der Waals surface area contributed by atoms with Crippen LogP contribution in [0.1, 0.15) is 60.0 Å². The number of phenolic OH excluding ortho intramolecular Hbond substituents is 4. The average Bonchev–Trinajstić information content (AvgIpc) is 3.30. The van der Waals surface area contributed by atoms with Crippen LogP contribution in [0.15, 0.2) is 48.5 Å². The lowest BCUT2D eigenvalue weighted by molar-refractivity contribution is 0.186. The zero-order valence-electron chi connectivity index (χ0n) is 20.5. The first-order valence-electron chi connectivity index (χ1n) is 12.4. The molecule has 0 bridgehead atoms. The second-order valence-corrected chi connectivity index (χ2v) is 9.84. The largest absolute Gasteiger partial charge is 0.508 e. The standard InChI is InChI=1S/C28H30N2O8/c31-19-7-5-15(23(33)13-19)9-17-11-25(35)29(27(17)37)21-3-1-2-4-22(21)30-26(36)12-18(28(30)38)10-16-6-8-20(32)14-24(16)34/h5-8,11-14,21-22,31-38H,1-4,9-10H2. The van der Waals surface area contributed by atoms with Gasteiger partial charge >= 0.3 is 0 Å². The number of benzene rings is 2. The maximum absolute atomic E-state index is 11.1. The van der Waals surface area contributed by atoms with E-state index in [1.165, 1.54) is 57.7 Å². The van der Waals surface area contributed by atoms with Gasteiger partial charge in [-0.25, -0.2) is 0 Å². The van der Waals surface area contributed by atoms with Crippen molar-refractivity contribution in [3.63, 3.8) is 0 Å². The van der Waals surface area contributed by atoms with Crippen LogP contribution in [-0.2, 0) is 12.8 Å². The molecule has 0 saturated heterocycles. The zero-order chi connectivity index (χ0) is 27.1. The van der Waals surface area contributed by atoms with Crippen molar-refractivity contribution in [1.29, 1.82) is 0 Å². The highest BCUT2D eigenvalue weighted by atomic mass is 16.3. The van der Waals surface area contributed by atoms with Crippen LogP contribution in [-0.4, -0.2) is 50.0 Å². The molecule has 4 aromatic rings. The third-order valence-corrected chi connectivity index (χ3v) is 7.39. The fourth-order valence-electron chi connectivity index (χ4n) is 5.53. The molecule has 0 radical (unpaired) electrons. The minimum Gasteiger partial charge on any atom is -0.508 e. The van der Waals surface area contributed by atoms with E-state index < -0.39 is 12.1 Å². The minimum absolute atomic E-state index is 0.0905. The van der Waals surface area contributed by atoms with E-state index in [1.54, 1.807) is 0 Å². The van der Waals surface area contributed by atoms with E-state index in [9.17, 15) is 40.9 Å². The summed E-state index contributed by atoms with van der Waals surface area (Å²) in [5, 5.41) is 83.3. The number of aromatic nitrogens is 2. The van der Waals surface area contributed by atoms with Gasteiger partial charge in [-0.15, -0.1) is 0 Å². The highest BCUT2D eigenvalue weighted by molar-refractivity contribution is 5.47. The maximum atomic E-state index is 11.1. The van der Waals surface area contributed by atoms with Gasteiger partial charge in [-0.05, 0) is 36.1 Å². The first kappa shape index (κ1) is 25.1. The molecule has 38 heavy (non-hydrogen) atoms. The van der Waals surface area contributed by atoms with E-state index in [2.05, 4.69) is 0 Å². The lowest BCUT2D eigenvalue weighted by Gasteiger charge is -2.35. The molecular weight excluding hydrogens is 492 g/mol. The molecule has 0 amide bonds. The summed E-state index contributed by atoms with van der Waals surface area (Å²) in [6, 6.07) is 10.2. The van der Waals surface area contributed by atoms with Gasteiger partial charge in [-0.3, -0.25) is 9.13 Å². The molecule has 1 aliphatic carbocycles. The van der Waals surface area contributed by atoms with Crippen LogP contribution in [0.4, 0.5) is 0 Å². The Balaban J connectivity index is 1.48. The van der Waals surface area contributed by atoms with Crippen LogP contribution >= 0.6 is 0 Å². The molecule has 1 saturated carbocycles. The molecule has 0 spiro atoms. The molecule has 2 unspecified atom stereocenters. The molecule has 2 aromatic carbocycles. The normalized spacial score (nSPS) is 17.6. The fraction of sp³-hybridized carbons (Fsp3) is 0.286. The third-order valence-electron chi connectivity index (χ3n) is 7.39. The summed E-state index contributed by atoms with van der Waals surface area (Å²) >= 11 is 0. The first-order chi connectivity index (χ1) is 18.1. The van der Waals surface area contributed by atoms with Crippen molar-refractivity contribution in [2.75, 3.05) is 0 Å². The second kappa shape index (κ2) is 9.70. The summed E-state index contributed by atoms with van der Waals surface area (Å²) in [5.74, 6) is -1.21. The maximum Gasteiger partial charge on any atom is 0.197 e. The van der Waals surface area contributed by atoms with Crippen molar-refractivity contribution >= 4 is 0 Å². The smallest absolute Gasteiger partial charge is 0.197 e. The number of rotatable bonds is 6. The van der Waals surface area contributed by atoms with E-state index in [0.717, 1.165) is 12.8 Å². The molecule has 2 aromatic heterocycles. The summed E-state index contributed by atoms with van der Waals surface area (Å²) in [6.45, 7) is 0. The van der Waals surface area contributed by atoms with E-state index in [-0.39, 0.29) is 59.4 Å². The molecule has 200 valence electrons. The van der Waals surface area contributed by atoms with Gasteiger partial charge in [-0.1, -0.05) is 25.0 Å². The Hall–Kier alpha value is -4.60. The van der Waals surface area contributed by atoms with Crippen LogP contribution in [0.3, 0.4) is 0 Å². The Kier molecular flexibility index (Phi) is 6.40. The topological polar surface area (TPSA) is 172 Å². The third kappa shape index (κ3) is 4.49. The monoisotopic (exact) mass is 522 g/mol. The second-order valence-electron chi connectivity index (χ2n) is 9.84. The highest BCUT2D eigenvalue weighted by Crippen LogP contribution is 2.48. The summed E-state index contributed by atoms with van der Waals surface area (Å²) < 4.78 is 2.78. The number of aromatic hydroxyl groups is 8. The Morgan fingerprint density at radius 3 is 1.29 bits per heavy atom. The predicted octanol–water partition coefficient (Wildman–Crippen LogP) is 4.47. The molecule has 1 aliphatic rings. The molecular formula is C28H30N2O8. The van der Waals surface area contributed by atoms with Crippen molar-refractivity contribution < 1.29 is 40.9 Å². The zero-order valence-corrected chi connectivity index (χ0v) is 20.5. The number of phenols is 4. The number of hydrogen-bond acceptors (Lipinski definition) is 8. The van der Waals surface area contributed by atoms with Crippen LogP contribution in [0.25, 0.3) is 0 Å². The summed E-state index contributed by atoms with van der Waals surface area (Å²) in [5.41, 5.74) is 1.66. The molecule has 10 heteroatoms. The predicted molar refractivity (Wildman–Crippen MR) is 137 cm³/mol. The molecule has 10 nitrogen and oxygen atoms in total. The summed E-state index contributed by atoms with van der Waals surface area (Å²) in [4.78, 5) is 0. The van der Waals surface area contributed by atoms with E-state index >= 15 is 0 Å². The highest BCUT2D eigenvalue weighted by Gasteiger charge is 2.35. The van der Waals surface area contributed by atoms with Gasteiger partial charge < -0.3 is 40.9 Å². The molecule has 2 atom stereocenters. The molecule has 1 fully saturated rings. The van der Waals surface area contributed by atoms with Crippen LogP contribution < -0.4 is 0 Å². The van der Waals surface area contributed by atoms with Gasteiger partial charge in [0.25, 0.3) is 0 Å². The van der Waals surface area contributed by atoms with Gasteiger partial charge in [0, 0.05) is 48.2 Å². The van der Waals surface area contributed by atoms with Crippen molar-refractivity contribution in [3.05, 3.63) is 70.8 Å². The fourth-order valence-corrected chi connectivity index (χ4v) is 5.53. The van der Waals surface area contributed by atoms with Crippen molar-refractivity contribution in [2.24, 2.45) is 0 Å². The van der Waals surface area contributed by atoms with Gasteiger partial charge in [0.05, 0.1) is 12.1 Å². The molecule has 8 N–H and O–H groups in total.